The minimum Gasteiger partial charge on any atom is -0.328 e. The van der Waals surface area contributed by atoms with Crippen molar-refractivity contribution in [2.24, 2.45) is 0 Å². The molecular weight excluding hydrogens is 322 g/mol. The first-order valence-corrected chi connectivity index (χ1v) is 7.54. The maximum absolute atomic E-state index is 11.4. The average Bonchev–Trinajstić information content (AvgIpc) is 3.27. The van der Waals surface area contributed by atoms with Crippen LogP contribution in [0, 0.1) is 0 Å². The van der Waals surface area contributed by atoms with Crippen LogP contribution in [0.3, 0.4) is 0 Å². The van der Waals surface area contributed by atoms with Gasteiger partial charge in [-0.15, -0.1) is 0 Å². The molecule has 4 aromatic rings. The van der Waals surface area contributed by atoms with Crippen molar-refractivity contribution in [2.45, 2.75) is 6.42 Å². The van der Waals surface area contributed by atoms with Crippen molar-refractivity contribution >= 4 is 11.6 Å². The van der Waals surface area contributed by atoms with Crippen LogP contribution in [-0.4, -0.2) is 30.6 Å². The second-order valence-corrected chi connectivity index (χ2v) is 5.34. The van der Waals surface area contributed by atoms with Gasteiger partial charge >= 0.3 is 11.8 Å². The number of fused-ring (bicyclic) bond motifs is 1. The monoisotopic (exact) mass is 335 g/mol. The summed E-state index contributed by atoms with van der Waals surface area (Å²) in [5.74, 6) is -0.825. The molecule has 1 aromatic carbocycles. The molecule has 124 valence electrons. The summed E-state index contributed by atoms with van der Waals surface area (Å²) < 4.78 is 6.81. The van der Waals surface area contributed by atoms with Crippen molar-refractivity contribution in [2.75, 3.05) is 0 Å². The van der Waals surface area contributed by atoms with Crippen molar-refractivity contribution in [1.82, 2.24) is 25.0 Å². The fourth-order valence-corrected chi connectivity index (χ4v) is 2.66. The van der Waals surface area contributed by atoms with Crippen LogP contribution in [0.1, 0.15) is 22.2 Å². The number of imidazole rings is 1. The van der Waals surface area contributed by atoms with Crippen molar-refractivity contribution in [3.05, 3.63) is 72.1 Å². The van der Waals surface area contributed by atoms with Crippen LogP contribution in [-0.2, 0) is 6.42 Å². The number of rotatable bonds is 4. The van der Waals surface area contributed by atoms with E-state index in [4.69, 9.17) is 14.7 Å². The Morgan fingerprint density at radius 1 is 1.12 bits per heavy atom. The van der Waals surface area contributed by atoms with E-state index in [1.165, 1.54) is 5.48 Å². The standard InChI is InChI=1S/C17H13N5O3/c23-16(20-24)17-18-13(21-25-17)10-12-15(11-6-2-1-3-7-11)19-14-8-4-5-9-22(12)14/h1-9,24H,10H2,(H,20,23). The lowest BCUT2D eigenvalue weighted by Gasteiger charge is -2.02. The van der Waals surface area contributed by atoms with E-state index >= 15 is 0 Å². The number of benzene rings is 1. The summed E-state index contributed by atoms with van der Waals surface area (Å²) in [6.45, 7) is 0. The Morgan fingerprint density at radius 3 is 2.72 bits per heavy atom. The van der Waals surface area contributed by atoms with E-state index in [-0.39, 0.29) is 5.89 Å². The van der Waals surface area contributed by atoms with Crippen LogP contribution < -0.4 is 5.48 Å². The molecule has 0 fully saturated rings. The Labute approximate surface area is 141 Å². The molecular formula is C17H13N5O3. The van der Waals surface area contributed by atoms with Gasteiger partial charge in [-0.25, -0.2) is 10.5 Å². The Hall–Kier alpha value is -3.52. The quantitative estimate of drug-likeness (QED) is 0.437. The van der Waals surface area contributed by atoms with Gasteiger partial charge in [-0.3, -0.25) is 10.0 Å². The summed E-state index contributed by atoms with van der Waals surface area (Å²) in [6.07, 6.45) is 2.23. The molecule has 3 heterocycles. The highest BCUT2D eigenvalue weighted by molar-refractivity contribution is 5.88. The zero-order chi connectivity index (χ0) is 17.2. The number of hydroxylamine groups is 1. The number of pyridine rings is 1. The Bertz CT molecular complexity index is 1040. The van der Waals surface area contributed by atoms with Crippen LogP contribution >= 0.6 is 0 Å². The average molecular weight is 335 g/mol. The fraction of sp³-hybridized carbons (Fsp3) is 0.0588. The van der Waals surface area contributed by atoms with Gasteiger partial charge in [0.1, 0.15) is 5.65 Å². The molecule has 25 heavy (non-hydrogen) atoms. The maximum atomic E-state index is 11.4. The first-order valence-electron chi connectivity index (χ1n) is 7.54. The highest BCUT2D eigenvalue weighted by atomic mass is 16.5. The van der Waals surface area contributed by atoms with Crippen LogP contribution in [0.5, 0.6) is 0 Å². The van der Waals surface area contributed by atoms with E-state index < -0.39 is 5.91 Å². The minimum atomic E-state index is -0.847. The number of carbonyl (C=O) groups is 1. The summed E-state index contributed by atoms with van der Waals surface area (Å²) in [5.41, 5.74) is 4.92. The van der Waals surface area contributed by atoms with E-state index in [1.54, 1.807) is 0 Å². The lowest BCUT2D eigenvalue weighted by molar-refractivity contribution is 0.0659. The topological polar surface area (TPSA) is 106 Å². The zero-order valence-corrected chi connectivity index (χ0v) is 13.0. The van der Waals surface area contributed by atoms with Gasteiger partial charge in [-0.1, -0.05) is 41.6 Å². The minimum absolute atomic E-state index is 0.299. The lowest BCUT2D eigenvalue weighted by atomic mass is 10.1. The highest BCUT2D eigenvalue weighted by Crippen LogP contribution is 2.25. The molecule has 0 saturated heterocycles. The summed E-state index contributed by atoms with van der Waals surface area (Å²) in [5, 5.41) is 12.4. The molecule has 0 saturated carbocycles. The number of nitrogens with one attached hydrogen (secondary N) is 1. The van der Waals surface area contributed by atoms with Gasteiger partial charge < -0.3 is 8.92 Å². The van der Waals surface area contributed by atoms with Crippen molar-refractivity contribution in [1.29, 1.82) is 0 Å². The number of aromatic nitrogens is 4. The van der Waals surface area contributed by atoms with E-state index in [9.17, 15) is 4.79 Å². The molecule has 0 radical (unpaired) electrons. The second kappa shape index (κ2) is 6.17. The first kappa shape index (κ1) is 15.0. The molecule has 1 amide bonds. The predicted octanol–water partition coefficient (Wildman–Crippen LogP) is 2.09. The molecule has 2 N–H and O–H groups in total. The summed E-state index contributed by atoms with van der Waals surface area (Å²) in [4.78, 5) is 20.1. The predicted molar refractivity (Wildman–Crippen MR) is 87.0 cm³/mol. The number of hydrogen-bond acceptors (Lipinski definition) is 6. The van der Waals surface area contributed by atoms with Gasteiger partial charge in [0.25, 0.3) is 0 Å². The molecule has 0 atom stereocenters. The fourth-order valence-electron chi connectivity index (χ4n) is 2.66. The third kappa shape index (κ3) is 2.74. The molecule has 8 nitrogen and oxygen atoms in total. The van der Waals surface area contributed by atoms with Gasteiger partial charge in [-0.2, -0.15) is 4.98 Å². The first-order chi connectivity index (χ1) is 12.3. The van der Waals surface area contributed by atoms with Crippen LogP contribution in [0.2, 0.25) is 0 Å². The second-order valence-electron chi connectivity index (χ2n) is 5.34. The highest BCUT2D eigenvalue weighted by Gasteiger charge is 2.19. The van der Waals surface area contributed by atoms with Crippen LogP contribution in [0.4, 0.5) is 0 Å². The van der Waals surface area contributed by atoms with Gasteiger partial charge in [0.2, 0.25) is 0 Å². The molecule has 0 aliphatic heterocycles. The summed E-state index contributed by atoms with van der Waals surface area (Å²) in [7, 11) is 0. The zero-order valence-electron chi connectivity index (χ0n) is 13.0. The van der Waals surface area contributed by atoms with Crippen molar-refractivity contribution in [3.8, 4) is 11.3 Å². The smallest absolute Gasteiger partial charge is 0.328 e. The normalized spacial score (nSPS) is 10.9. The molecule has 0 spiro atoms. The van der Waals surface area contributed by atoms with Crippen LogP contribution in [0.15, 0.2) is 59.3 Å². The third-order valence-corrected chi connectivity index (χ3v) is 3.77. The molecule has 0 aliphatic carbocycles. The lowest BCUT2D eigenvalue weighted by Crippen LogP contribution is -2.18. The van der Waals surface area contributed by atoms with Crippen molar-refractivity contribution < 1.29 is 14.5 Å². The Balaban J connectivity index is 1.80. The van der Waals surface area contributed by atoms with Crippen molar-refractivity contribution in [3.63, 3.8) is 0 Å². The number of nitrogens with zero attached hydrogens (tertiary/aromatic N) is 4. The van der Waals surface area contributed by atoms with E-state index in [2.05, 4.69) is 10.1 Å². The van der Waals surface area contributed by atoms with Gasteiger partial charge in [0.15, 0.2) is 5.82 Å². The molecule has 3 aromatic heterocycles. The molecule has 0 aliphatic rings. The molecule has 0 unspecified atom stereocenters. The van der Waals surface area contributed by atoms with E-state index in [1.807, 2.05) is 59.1 Å². The van der Waals surface area contributed by atoms with E-state index in [0.29, 0.717) is 12.2 Å². The largest absolute Gasteiger partial charge is 0.333 e. The number of amides is 1. The molecule has 4 rings (SSSR count). The van der Waals surface area contributed by atoms with Gasteiger partial charge in [0.05, 0.1) is 17.8 Å². The van der Waals surface area contributed by atoms with Gasteiger partial charge in [0, 0.05) is 11.8 Å². The van der Waals surface area contributed by atoms with Gasteiger partial charge in [-0.05, 0) is 12.1 Å². The summed E-state index contributed by atoms with van der Waals surface area (Å²) >= 11 is 0. The van der Waals surface area contributed by atoms with E-state index in [0.717, 1.165) is 22.6 Å². The number of carbonyl (C=O) groups excluding carboxylic acids is 1. The Kier molecular flexibility index (Phi) is 3.71. The maximum Gasteiger partial charge on any atom is 0.333 e. The SMILES string of the molecule is O=C(NO)c1nc(Cc2c(-c3ccccc3)nc3ccccn23)no1. The van der Waals surface area contributed by atoms with Crippen LogP contribution in [0.25, 0.3) is 16.9 Å². The summed E-state index contributed by atoms with van der Waals surface area (Å²) in [6, 6.07) is 15.5. The number of hydrogen-bond donors (Lipinski definition) is 2. The Morgan fingerprint density at radius 2 is 1.92 bits per heavy atom. The molecule has 0 bridgehead atoms. The molecule has 8 heteroatoms. The third-order valence-electron chi connectivity index (χ3n) is 3.77.